The summed E-state index contributed by atoms with van der Waals surface area (Å²) in [5.74, 6) is -0.869. The molecule has 4 nitrogen and oxygen atoms in total. The second-order valence-electron chi connectivity index (χ2n) is 4.53. The van der Waals surface area contributed by atoms with Gasteiger partial charge >= 0.3 is 10.1 Å². The summed E-state index contributed by atoms with van der Waals surface area (Å²) in [7, 11) is -4.16. The second kappa shape index (κ2) is 5.65. The monoisotopic (exact) mass is 308 g/mol. The summed E-state index contributed by atoms with van der Waals surface area (Å²) in [5, 5.41) is 0. The maximum Gasteiger partial charge on any atom is 0.339 e. The van der Waals surface area contributed by atoms with E-state index < -0.39 is 15.9 Å². The lowest BCUT2D eigenvalue weighted by Gasteiger charge is -2.10. The maximum absolute atomic E-state index is 13.2. The largest absolute Gasteiger partial charge is 0.379 e. The van der Waals surface area contributed by atoms with Crippen LogP contribution in [0.3, 0.4) is 0 Å². The molecule has 0 aliphatic carbocycles. The van der Waals surface area contributed by atoms with E-state index in [4.69, 9.17) is 4.18 Å². The van der Waals surface area contributed by atoms with E-state index in [0.29, 0.717) is 11.1 Å². The van der Waals surface area contributed by atoms with E-state index in [0.717, 1.165) is 6.07 Å². The highest BCUT2D eigenvalue weighted by molar-refractivity contribution is 7.87. The van der Waals surface area contributed by atoms with Crippen molar-refractivity contribution < 1.29 is 21.8 Å². The summed E-state index contributed by atoms with van der Waals surface area (Å²) in [4.78, 5) is 11.0. The first kappa shape index (κ1) is 15.2. The normalized spacial score (nSPS) is 11.2. The van der Waals surface area contributed by atoms with E-state index in [1.165, 1.54) is 37.3 Å². The van der Waals surface area contributed by atoms with Crippen molar-refractivity contribution in [3.63, 3.8) is 0 Å². The molecule has 6 heteroatoms. The molecular weight excluding hydrogens is 295 g/mol. The molecule has 0 amide bonds. The van der Waals surface area contributed by atoms with Crippen LogP contribution in [0.1, 0.15) is 22.8 Å². The van der Waals surface area contributed by atoms with Gasteiger partial charge in [-0.2, -0.15) is 8.42 Å². The van der Waals surface area contributed by atoms with E-state index >= 15 is 0 Å². The molecule has 0 aliphatic rings. The van der Waals surface area contributed by atoms with Crippen LogP contribution in [0.4, 0.5) is 4.39 Å². The molecule has 110 valence electrons. The highest BCUT2D eigenvalue weighted by Crippen LogP contribution is 2.23. The Morgan fingerprint density at radius 2 is 1.86 bits per heavy atom. The topological polar surface area (TPSA) is 60.4 Å². The second-order valence-corrected chi connectivity index (χ2v) is 6.05. The van der Waals surface area contributed by atoms with Crippen LogP contribution >= 0.6 is 0 Å². The van der Waals surface area contributed by atoms with Gasteiger partial charge in [0.2, 0.25) is 0 Å². The van der Waals surface area contributed by atoms with Crippen molar-refractivity contribution >= 4 is 15.9 Å². The molecule has 21 heavy (non-hydrogen) atoms. The van der Waals surface area contributed by atoms with Crippen molar-refractivity contribution in [2.24, 2.45) is 0 Å². The summed E-state index contributed by atoms with van der Waals surface area (Å²) in [6, 6.07) is 9.24. The van der Waals surface area contributed by atoms with Gasteiger partial charge in [0.1, 0.15) is 16.5 Å². The molecule has 0 aliphatic heterocycles. The van der Waals surface area contributed by atoms with Gasteiger partial charge in [-0.15, -0.1) is 0 Å². The van der Waals surface area contributed by atoms with Crippen LogP contribution in [0.15, 0.2) is 47.4 Å². The maximum atomic E-state index is 13.2. The average molecular weight is 308 g/mol. The lowest BCUT2D eigenvalue weighted by Crippen LogP contribution is -2.12. The van der Waals surface area contributed by atoms with Crippen LogP contribution in [0, 0.1) is 12.7 Å². The summed E-state index contributed by atoms with van der Waals surface area (Å²) in [5.41, 5.74) is 0.706. The number of carbonyl (C=O) groups is 1. The Bertz CT molecular complexity index is 797. The molecule has 0 unspecified atom stereocenters. The third-order valence-electron chi connectivity index (χ3n) is 2.87. The van der Waals surface area contributed by atoms with Gasteiger partial charge in [-0.1, -0.05) is 18.2 Å². The van der Waals surface area contributed by atoms with Crippen LogP contribution in [-0.2, 0) is 10.1 Å². The van der Waals surface area contributed by atoms with Gasteiger partial charge in [0, 0.05) is 5.56 Å². The van der Waals surface area contributed by atoms with E-state index in [-0.39, 0.29) is 16.4 Å². The molecule has 0 radical (unpaired) electrons. The molecular formula is C15H13FO4S. The lowest BCUT2D eigenvalue weighted by atomic mass is 10.1. The van der Waals surface area contributed by atoms with Crippen molar-refractivity contribution in [1.29, 1.82) is 0 Å². The zero-order chi connectivity index (χ0) is 15.6. The molecule has 2 aromatic rings. The molecule has 0 heterocycles. The predicted molar refractivity (Wildman–Crippen MR) is 75.4 cm³/mol. The quantitative estimate of drug-likeness (QED) is 0.643. The summed E-state index contributed by atoms with van der Waals surface area (Å²) < 4.78 is 42.6. The number of aryl methyl sites for hydroxylation is 1. The highest BCUT2D eigenvalue weighted by atomic mass is 32.2. The van der Waals surface area contributed by atoms with Gasteiger partial charge in [-0.05, 0) is 43.7 Å². The van der Waals surface area contributed by atoms with Crippen LogP contribution < -0.4 is 4.18 Å². The van der Waals surface area contributed by atoms with Crippen LogP contribution in [0.25, 0.3) is 0 Å². The predicted octanol–water partition coefficient (Wildman–Crippen LogP) is 3.10. The zero-order valence-corrected chi connectivity index (χ0v) is 12.3. The molecule has 0 bridgehead atoms. The van der Waals surface area contributed by atoms with Crippen LogP contribution in [0.5, 0.6) is 5.75 Å². The van der Waals surface area contributed by atoms with Gasteiger partial charge in [-0.25, -0.2) is 4.39 Å². The molecule has 2 rings (SSSR count). The molecule has 0 fully saturated rings. The lowest BCUT2D eigenvalue weighted by molar-refractivity contribution is 0.101. The molecule has 2 aromatic carbocycles. The fraction of sp³-hybridized carbons (Fsp3) is 0.133. The fourth-order valence-corrected chi connectivity index (χ4v) is 2.95. The Morgan fingerprint density at radius 1 is 1.14 bits per heavy atom. The number of Topliss-reactive ketones (excluding diaryl/α,β-unsaturated/α-hetero) is 1. The highest BCUT2D eigenvalue weighted by Gasteiger charge is 2.20. The molecule has 0 spiro atoms. The molecule has 0 N–H and O–H groups in total. The van der Waals surface area contributed by atoms with Crippen molar-refractivity contribution in [2.45, 2.75) is 18.7 Å². The first-order valence-electron chi connectivity index (χ1n) is 6.11. The zero-order valence-electron chi connectivity index (χ0n) is 11.5. The minimum Gasteiger partial charge on any atom is -0.379 e. The Labute approximate surface area is 122 Å². The minimum atomic E-state index is -4.16. The molecule has 0 saturated carbocycles. The van der Waals surface area contributed by atoms with Crippen LogP contribution in [-0.4, -0.2) is 14.2 Å². The molecule has 0 saturated heterocycles. The van der Waals surface area contributed by atoms with Gasteiger partial charge in [0.25, 0.3) is 0 Å². The smallest absolute Gasteiger partial charge is 0.339 e. The SMILES string of the molecule is CC(=O)c1cccc(OS(=O)(=O)c2cc(F)ccc2C)c1. The van der Waals surface area contributed by atoms with Gasteiger partial charge < -0.3 is 4.18 Å². The number of benzene rings is 2. The standard InChI is InChI=1S/C15H13FO4S/c1-10-6-7-13(16)9-15(10)21(18,19)20-14-5-3-4-12(8-14)11(2)17/h3-9H,1-2H3. The van der Waals surface area contributed by atoms with E-state index in [9.17, 15) is 17.6 Å². The Morgan fingerprint density at radius 3 is 2.52 bits per heavy atom. The first-order valence-corrected chi connectivity index (χ1v) is 7.52. The minimum absolute atomic E-state index is 0.00589. The molecule has 0 aromatic heterocycles. The fourth-order valence-electron chi connectivity index (χ4n) is 1.78. The van der Waals surface area contributed by atoms with E-state index in [1.807, 2.05) is 0 Å². The third kappa shape index (κ3) is 3.46. The summed E-state index contributed by atoms with van der Waals surface area (Å²) in [6.45, 7) is 2.91. The van der Waals surface area contributed by atoms with Gasteiger partial charge in [0.15, 0.2) is 5.78 Å². The van der Waals surface area contributed by atoms with Crippen molar-refractivity contribution in [2.75, 3.05) is 0 Å². The molecule has 0 atom stereocenters. The Kier molecular flexibility index (Phi) is 4.09. The number of carbonyl (C=O) groups excluding carboxylic acids is 1. The van der Waals surface area contributed by atoms with Crippen molar-refractivity contribution in [3.8, 4) is 5.75 Å². The van der Waals surface area contributed by atoms with E-state index in [1.54, 1.807) is 13.0 Å². The number of rotatable bonds is 4. The van der Waals surface area contributed by atoms with Crippen molar-refractivity contribution in [1.82, 2.24) is 0 Å². The van der Waals surface area contributed by atoms with Gasteiger partial charge in [-0.3, -0.25) is 4.79 Å². The third-order valence-corrected chi connectivity index (χ3v) is 4.26. The Balaban J connectivity index is 2.40. The number of ketones is 1. The first-order chi connectivity index (χ1) is 9.79. The summed E-state index contributed by atoms with van der Waals surface area (Å²) in [6.07, 6.45) is 0. The van der Waals surface area contributed by atoms with Crippen LogP contribution in [0.2, 0.25) is 0 Å². The number of halogens is 1. The Hall–Kier alpha value is -2.21. The van der Waals surface area contributed by atoms with Crippen molar-refractivity contribution in [3.05, 3.63) is 59.4 Å². The number of hydrogen-bond acceptors (Lipinski definition) is 4. The van der Waals surface area contributed by atoms with Gasteiger partial charge in [0.05, 0.1) is 0 Å². The van der Waals surface area contributed by atoms with E-state index in [2.05, 4.69) is 0 Å². The number of hydrogen-bond donors (Lipinski definition) is 0. The average Bonchev–Trinajstić information content (AvgIpc) is 2.41. The summed E-state index contributed by atoms with van der Waals surface area (Å²) >= 11 is 0.